The lowest BCUT2D eigenvalue weighted by Crippen LogP contribution is -2.56. The molecule has 0 saturated heterocycles. The van der Waals surface area contributed by atoms with E-state index in [9.17, 15) is 13.9 Å². The van der Waals surface area contributed by atoms with E-state index in [0.29, 0.717) is 5.92 Å². The molecule has 0 amide bonds. The Morgan fingerprint density at radius 1 is 1.38 bits per heavy atom. The number of likely N-dealkylation sites (N-methyl/N-ethyl adjacent to an activating group) is 1. The standard InChI is InChI=1S/C17H25F2NO/c1-12-5-4-8-17(11-12,20(2)3)16(21)10-13-9-14(18)6-7-15(13)19/h6-7,9,12,16,21H,4-5,8,10-11H2,1-3H3. The summed E-state index contributed by atoms with van der Waals surface area (Å²) in [5.41, 5.74) is -0.0990. The van der Waals surface area contributed by atoms with Gasteiger partial charge >= 0.3 is 0 Å². The Labute approximate surface area is 125 Å². The predicted octanol–water partition coefficient (Wildman–Crippen LogP) is 3.38. The minimum Gasteiger partial charge on any atom is -0.391 e. The lowest BCUT2D eigenvalue weighted by Gasteiger charge is -2.48. The number of aliphatic hydroxyl groups is 1. The molecule has 2 nitrogen and oxygen atoms in total. The van der Waals surface area contributed by atoms with Gasteiger partial charge in [0.15, 0.2) is 0 Å². The molecule has 0 spiro atoms. The van der Waals surface area contributed by atoms with Crippen LogP contribution in [0.2, 0.25) is 0 Å². The topological polar surface area (TPSA) is 23.5 Å². The lowest BCUT2D eigenvalue weighted by atomic mass is 9.71. The molecule has 1 saturated carbocycles. The molecule has 4 heteroatoms. The summed E-state index contributed by atoms with van der Waals surface area (Å²) in [5.74, 6) is -0.379. The van der Waals surface area contributed by atoms with Gasteiger partial charge in [-0.05, 0) is 56.6 Å². The summed E-state index contributed by atoms with van der Waals surface area (Å²) in [7, 11) is 3.92. The number of rotatable bonds is 4. The van der Waals surface area contributed by atoms with Gasteiger partial charge in [-0.3, -0.25) is 0 Å². The van der Waals surface area contributed by atoms with Crippen molar-refractivity contribution in [3.63, 3.8) is 0 Å². The zero-order valence-corrected chi connectivity index (χ0v) is 13.1. The zero-order chi connectivity index (χ0) is 15.6. The maximum absolute atomic E-state index is 13.8. The first-order valence-electron chi connectivity index (χ1n) is 7.64. The van der Waals surface area contributed by atoms with Gasteiger partial charge in [0.1, 0.15) is 11.6 Å². The first kappa shape index (κ1) is 16.4. The average molecular weight is 297 g/mol. The fraction of sp³-hybridized carbons (Fsp3) is 0.647. The quantitative estimate of drug-likeness (QED) is 0.921. The fourth-order valence-electron chi connectivity index (χ4n) is 3.67. The van der Waals surface area contributed by atoms with Crippen LogP contribution >= 0.6 is 0 Å². The summed E-state index contributed by atoms with van der Waals surface area (Å²) in [4.78, 5) is 2.06. The molecule has 118 valence electrons. The van der Waals surface area contributed by atoms with Crippen molar-refractivity contribution >= 4 is 0 Å². The molecule has 3 unspecified atom stereocenters. The van der Waals surface area contributed by atoms with Crippen LogP contribution in [0.1, 0.15) is 38.2 Å². The van der Waals surface area contributed by atoms with Crippen LogP contribution in [0.4, 0.5) is 8.78 Å². The molecule has 1 fully saturated rings. The summed E-state index contributed by atoms with van der Waals surface area (Å²) in [6, 6.07) is 3.42. The molecule has 2 rings (SSSR count). The molecular formula is C17H25F2NO. The van der Waals surface area contributed by atoms with Gasteiger partial charge in [0, 0.05) is 12.0 Å². The summed E-state index contributed by atoms with van der Waals surface area (Å²) >= 11 is 0. The molecule has 0 aromatic heterocycles. The van der Waals surface area contributed by atoms with E-state index in [1.54, 1.807) is 0 Å². The number of nitrogens with zero attached hydrogens (tertiary/aromatic N) is 1. The first-order valence-corrected chi connectivity index (χ1v) is 7.64. The molecule has 1 aliphatic rings. The van der Waals surface area contributed by atoms with Crippen LogP contribution in [-0.2, 0) is 6.42 Å². The highest BCUT2D eigenvalue weighted by atomic mass is 19.1. The van der Waals surface area contributed by atoms with Crippen LogP contribution in [0.15, 0.2) is 18.2 Å². The van der Waals surface area contributed by atoms with Crippen LogP contribution < -0.4 is 0 Å². The van der Waals surface area contributed by atoms with E-state index in [1.165, 1.54) is 6.07 Å². The van der Waals surface area contributed by atoms with Crippen molar-refractivity contribution in [1.82, 2.24) is 4.90 Å². The molecule has 0 bridgehead atoms. The second-order valence-electron chi connectivity index (χ2n) is 6.66. The SMILES string of the molecule is CC1CCCC(C(O)Cc2cc(F)ccc2F)(N(C)C)C1. The summed E-state index contributed by atoms with van der Waals surface area (Å²) in [6.07, 6.45) is 3.44. The second kappa shape index (κ2) is 6.41. The summed E-state index contributed by atoms with van der Waals surface area (Å²) < 4.78 is 27.1. The number of hydrogen-bond donors (Lipinski definition) is 1. The third-order valence-corrected chi connectivity index (χ3v) is 4.94. The molecule has 0 radical (unpaired) electrons. The normalized spacial score (nSPS) is 27.9. The Hall–Kier alpha value is -1.00. The Morgan fingerprint density at radius 3 is 2.71 bits per heavy atom. The predicted molar refractivity (Wildman–Crippen MR) is 80.1 cm³/mol. The number of benzene rings is 1. The highest BCUT2D eigenvalue weighted by Gasteiger charge is 2.43. The molecule has 0 aliphatic heterocycles. The van der Waals surface area contributed by atoms with Crippen molar-refractivity contribution in [1.29, 1.82) is 0 Å². The highest BCUT2D eigenvalue weighted by Crippen LogP contribution is 2.39. The van der Waals surface area contributed by atoms with Gasteiger partial charge in [-0.25, -0.2) is 8.78 Å². The van der Waals surface area contributed by atoms with Gasteiger partial charge in [0.05, 0.1) is 6.10 Å². The zero-order valence-electron chi connectivity index (χ0n) is 13.1. The molecule has 1 N–H and O–H groups in total. The molecule has 1 aromatic carbocycles. The first-order chi connectivity index (χ1) is 9.85. The average Bonchev–Trinajstić information content (AvgIpc) is 2.42. The van der Waals surface area contributed by atoms with Crippen molar-refractivity contribution in [2.24, 2.45) is 5.92 Å². The highest BCUT2D eigenvalue weighted by molar-refractivity contribution is 5.20. The van der Waals surface area contributed by atoms with Gasteiger partial charge in [0.25, 0.3) is 0 Å². The molecule has 21 heavy (non-hydrogen) atoms. The Morgan fingerprint density at radius 2 is 2.10 bits per heavy atom. The minimum atomic E-state index is -0.702. The van der Waals surface area contributed by atoms with Crippen molar-refractivity contribution in [2.75, 3.05) is 14.1 Å². The van der Waals surface area contributed by atoms with Gasteiger partial charge in [-0.15, -0.1) is 0 Å². The molecule has 1 aromatic rings. The van der Waals surface area contributed by atoms with Gasteiger partial charge in [-0.2, -0.15) is 0 Å². The smallest absolute Gasteiger partial charge is 0.126 e. The third kappa shape index (κ3) is 3.43. The lowest BCUT2D eigenvalue weighted by molar-refractivity contribution is -0.0428. The van der Waals surface area contributed by atoms with Crippen LogP contribution in [0.5, 0.6) is 0 Å². The van der Waals surface area contributed by atoms with Crippen molar-refractivity contribution in [3.05, 3.63) is 35.4 Å². The van der Waals surface area contributed by atoms with Gasteiger partial charge in [0.2, 0.25) is 0 Å². The Balaban J connectivity index is 2.23. The summed E-state index contributed by atoms with van der Waals surface area (Å²) in [6.45, 7) is 2.19. The third-order valence-electron chi connectivity index (χ3n) is 4.94. The van der Waals surface area contributed by atoms with Crippen LogP contribution in [0, 0.1) is 17.6 Å². The molecule has 0 heterocycles. The largest absolute Gasteiger partial charge is 0.391 e. The number of halogens is 2. The Kier molecular flexibility index (Phi) is 4.99. The maximum Gasteiger partial charge on any atom is 0.126 e. The second-order valence-corrected chi connectivity index (χ2v) is 6.66. The van der Waals surface area contributed by atoms with E-state index >= 15 is 0 Å². The van der Waals surface area contributed by atoms with E-state index in [1.807, 2.05) is 14.1 Å². The van der Waals surface area contributed by atoms with E-state index in [0.717, 1.165) is 37.8 Å². The summed E-state index contributed by atoms with van der Waals surface area (Å²) in [5, 5.41) is 10.8. The fourth-order valence-corrected chi connectivity index (χ4v) is 3.67. The minimum absolute atomic E-state index is 0.147. The maximum atomic E-state index is 13.8. The van der Waals surface area contributed by atoms with Crippen LogP contribution in [-0.4, -0.2) is 35.7 Å². The van der Waals surface area contributed by atoms with E-state index in [-0.39, 0.29) is 17.5 Å². The number of hydrogen-bond acceptors (Lipinski definition) is 2. The van der Waals surface area contributed by atoms with Crippen LogP contribution in [0.3, 0.4) is 0 Å². The Bertz CT molecular complexity index is 492. The van der Waals surface area contributed by atoms with Gasteiger partial charge in [-0.1, -0.05) is 19.8 Å². The van der Waals surface area contributed by atoms with E-state index in [2.05, 4.69) is 11.8 Å². The molecule has 1 aliphatic carbocycles. The molecular weight excluding hydrogens is 272 g/mol. The van der Waals surface area contributed by atoms with Crippen molar-refractivity contribution in [3.8, 4) is 0 Å². The van der Waals surface area contributed by atoms with Gasteiger partial charge < -0.3 is 10.0 Å². The van der Waals surface area contributed by atoms with E-state index in [4.69, 9.17) is 0 Å². The number of aliphatic hydroxyl groups excluding tert-OH is 1. The van der Waals surface area contributed by atoms with Crippen LogP contribution in [0.25, 0.3) is 0 Å². The van der Waals surface area contributed by atoms with Crippen molar-refractivity contribution in [2.45, 2.75) is 50.7 Å². The monoisotopic (exact) mass is 297 g/mol. The van der Waals surface area contributed by atoms with Crippen molar-refractivity contribution < 1.29 is 13.9 Å². The van der Waals surface area contributed by atoms with E-state index < -0.39 is 17.7 Å². The molecule has 3 atom stereocenters.